The highest BCUT2D eigenvalue weighted by atomic mass is 16.6. The number of hydrogen-bond acceptors (Lipinski definition) is 5. The van der Waals surface area contributed by atoms with Crippen molar-refractivity contribution in [2.75, 3.05) is 5.32 Å². The van der Waals surface area contributed by atoms with E-state index >= 15 is 0 Å². The van der Waals surface area contributed by atoms with Crippen LogP contribution in [0.5, 0.6) is 0 Å². The summed E-state index contributed by atoms with van der Waals surface area (Å²) in [5.41, 5.74) is 1.27. The van der Waals surface area contributed by atoms with Crippen LogP contribution in [0.3, 0.4) is 0 Å². The van der Waals surface area contributed by atoms with Gasteiger partial charge in [-0.15, -0.1) is 0 Å². The summed E-state index contributed by atoms with van der Waals surface area (Å²) in [6, 6.07) is 9.86. The maximum absolute atomic E-state index is 10.8. The number of aliphatic hydroxyl groups excluding tert-OH is 1. The van der Waals surface area contributed by atoms with Gasteiger partial charge >= 0.3 is 5.69 Å². The molecule has 18 heavy (non-hydrogen) atoms. The van der Waals surface area contributed by atoms with Crippen LogP contribution in [-0.4, -0.2) is 15.0 Å². The smallest absolute Gasteiger partial charge is 0.311 e. The summed E-state index contributed by atoms with van der Waals surface area (Å²) in [5, 5.41) is 22.7. The van der Waals surface area contributed by atoms with Gasteiger partial charge in [-0.25, -0.2) is 4.98 Å². The van der Waals surface area contributed by atoms with E-state index < -0.39 is 4.92 Å². The van der Waals surface area contributed by atoms with Gasteiger partial charge in [0.05, 0.1) is 11.5 Å². The summed E-state index contributed by atoms with van der Waals surface area (Å²) in [6.45, 7) is -0.0835. The average Bonchev–Trinajstić information content (AvgIpc) is 2.39. The fourth-order valence-electron chi connectivity index (χ4n) is 1.52. The van der Waals surface area contributed by atoms with Crippen LogP contribution in [0.15, 0.2) is 42.6 Å². The number of anilines is 2. The normalized spacial score (nSPS) is 10.1. The molecular weight excluding hydrogens is 234 g/mol. The van der Waals surface area contributed by atoms with Crippen LogP contribution in [0.4, 0.5) is 17.2 Å². The van der Waals surface area contributed by atoms with Crippen molar-refractivity contribution in [1.82, 2.24) is 4.98 Å². The van der Waals surface area contributed by atoms with E-state index in [0.29, 0.717) is 5.69 Å². The molecule has 0 fully saturated rings. The molecule has 6 heteroatoms. The largest absolute Gasteiger partial charge is 0.392 e. The van der Waals surface area contributed by atoms with Gasteiger partial charge < -0.3 is 10.4 Å². The van der Waals surface area contributed by atoms with E-state index in [1.54, 1.807) is 24.3 Å². The molecule has 2 N–H and O–H groups in total. The molecule has 0 bridgehead atoms. The minimum absolute atomic E-state index is 0.0835. The molecule has 0 saturated heterocycles. The van der Waals surface area contributed by atoms with Gasteiger partial charge in [0.15, 0.2) is 0 Å². The van der Waals surface area contributed by atoms with E-state index in [9.17, 15) is 10.1 Å². The Morgan fingerprint density at radius 3 is 2.89 bits per heavy atom. The van der Waals surface area contributed by atoms with Crippen molar-refractivity contribution < 1.29 is 10.0 Å². The van der Waals surface area contributed by atoms with Crippen LogP contribution in [0.25, 0.3) is 0 Å². The van der Waals surface area contributed by atoms with Crippen molar-refractivity contribution in [2.45, 2.75) is 6.61 Å². The third-order valence-electron chi connectivity index (χ3n) is 2.36. The number of benzene rings is 1. The first-order valence-electron chi connectivity index (χ1n) is 5.27. The molecule has 0 aliphatic carbocycles. The van der Waals surface area contributed by atoms with Gasteiger partial charge in [-0.1, -0.05) is 12.1 Å². The molecular formula is C12H11N3O3. The fraction of sp³-hybridized carbons (Fsp3) is 0.0833. The summed E-state index contributed by atoms with van der Waals surface area (Å²) in [4.78, 5) is 14.3. The van der Waals surface area contributed by atoms with E-state index in [4.69, 9.17) is 5.11 Å². The lowest BCUT2D eigenvalue weighted by atomic mass is 10.2. The number of hydrogen-bond donors (Lipinski definition) is 2. The summed E-state index contributed by atoms with van der Waals surface area (Å²) in [5.74, 6) is 0.178. The lowest BCUT2D eigenvalue weighted by Crippen LogP contribution is -1.99. The number of nitro groups is 1. The van der Waals surface area contributed by atoms with E-state index in [-0.39, 0.29) is 18.1 Å². The van der Waals surface area contributed by atoms with Crippen molar-refractivity contribution in [1.29, 1.82) is 0 Å². The highest BCUT2D eigenvalue weighted by Crippen LogP contribution is 2.24. The van der Waals surface area contributed by atoms with E-state index in [1.807, 2.05) is 0 Å². The van der Waals surface area contributed by atoms with E-state index in [1.165, 1.54) is 18.3 Å². The van der Waals surface area contributed by atoms with Crippen molar-refractivity contribution in [3.8, 4) is 0 Å². The molecule has 0 unspecified atom stereocenters. The number of nitrogens with zero attached hydrogens (tertiary/aromatic N) is 2. The molecule has 2 aromatic rings. The number of pyridine rings is 1. The molecule has 0 saturated carbocycles. The molecule has 0 spiro atoms. The minimum atomic E-state index is -0.495. The highest BCUT2D eigenvalue weighted by molar-refractivity contribution is 5.65. The third kappa shape index (κ3) is 2.61. The monoisotopic (exact) mass is 245 g/mol. The highest BCUT2D eigenvalue weighted by Gasteiger charge is 2.13. The van der Waals surface area contributed by atoms with Crippen LogP contribution in [0, 0.1) is 10.1 Å². The van der Waals surface area contributed by atoms with Gasteiger partial charge in [0.2, 0.25) is 5.82 Å². The second-order valence-electron chi connectivity index (χ2n) is 3.61. The summed E-state index contributed by atoms with van der Waals surface area (Å²) < 4.78 is 0. The molecule has 92 valence electrons. The number of aliphatic hydroxyl groups is 1. The molecule has 6 nitrogen and oxygen atoms in total. The number of aromatic nitrogens is 1. The molecule has 0 radical (unpaired) electrons. The van der Waals surface area contributed by atoms with Gasteiger partial charge in [0.25, 0.3) is 0 Å². The maximum atomic E-state index is 10.8. The molecule has 0 aliphatic heterocycles. The Hall–Kier alpha value is -2.47. The Balaban J connectivity index is 2.31. The predicted molar refractivity (Wildman–Crippen MR) is 66.5 cm³/mol. The molecule has 1 heterocycles. The fourth-order valence-corrected chi connectivity index (χ4v) is 1.52. The van der Waals surface area contributed by atoms with Crippen LogP contribution in [-0.2, 0) is 6.61 Å². The molecule has 0 atom stereocenters. The predicted octanol–water partition coefficient (Wildman–Crippen LogP) is 2.23. The molecule has 2 rings (SSSR count). The molecule has 1 aromatic heterocycles. The first-order valence-corrected chi connectivity index (χ1v) is 5.27. The van der Waals surface area contributed by atoms with Crippen molar-refractivity contribution in [3.05, 3.63) is 58.3 Å². The first kappa shape index (κ1) is 12.0. The second-order valence-corrected chi connectivity index (χ2v) is 3.61. The third-order valence-corrected chi connectivity index (χ3v) is 2.36. The maximum Gasteiger partial charge on any atom is 0.311 e. The molecule has 0 amide bonds. The Morgan fingerprint density at radius 2 is 2.17 bits per heavy atom. The van der Waals surface area contributed by atoms with E-state index in [0.717, 1.165) is 5.56 Å². The van der Waals surface area contributed by atoms with Crippen LogP contribution in [0.2, 0.25) is 0 Å². The zero-order valence-electron chi connectivity index (χ0n) is 9.41. The molecule has 0 aliphatic rings. The van der Waals surface area contributed by atoms with Crippen LogP contribution < -0.4 is 5.32 Å². The Labute approximate surface area is 103 Å². The number of rotatable bonds is 4. The topological polar surface area (TPSA) is 88.3 Å². The Kier molecular flexibility index (Phi) is 3.49. The zero-order chi connectivity index (χ0) is 13.0. The van der Waals surface area contributed by atoms with Crippen molar-refractivity contribution >= 4 is 17.2 Å². The van der Waals surface area contributed by atoms with Crippen molar-refractivity contribution in [2.24, 2.45) is 0 Å². The summed E-state index contributed by atoms with van der Waals surface area (Å²) >= 11 is 0. The van der Waals surface area contributed by atoms with E-state index in [2.05, 4.69) is 10.3 Å². The number of nitrogens with one attached hydrogen (secondary N) is 1. The zero-order valence-corrected chi connectivity index (χ0v) is 9.41. The minimum Gasteiger partial charge on any atom is -0.392 e. The van der Waals surface area contributed by atoms with Crippen molar-refractivity contribution in [3.63, 3.8) is 0 Å². The molecule has 1 aromatic carbocycles. The SMILES string of the molecule is O=[N+]([O-])c1cccnc1Nc1cccc(CO)c1. The average molecular weight is 245 g/mol. The van der Waals surface area contributed by atoms with Crippen LogP contribution in [0.1, 0.15) is 5.56 Å². The summed E-state index contributed by atoms with van der Waals surface area (Å²) in [6.07, 6.45) is 1.48. The Bertz CT molecular complexity index is 572. The Morgan fingerprint density at radius 1 is 1.33 bits per heavy atom. The lowest BCUT2D eigenvalue weighted by Gasteiger charge is -2.06. The van der Waals surface area contributed by atoms with Gasteiger partial charge in [-0.3, -0.25) is 10.1 Å². The second kappa shape index (κ2) is 5.24. The first-order chi connectivity index (χ1) is 8.70. The summed E-state index contributed by atoms with van der Waals surface area (Å²) in [7, 11) is 0. The van der Waals surface area contributed by atoms with Crippen LogP contribution >= 0.6 is 0 Å². The van der Waals surface area contributed by atoms with Gasteiger partial charge in [-0.05, 0) is 23.8 Å². The standard InChI is InChI=1S/C12H11N3O3/c16-8-9-3-1-4-10(7-9)14-12-11(15(17)18)5-2-6-13-12/h1-7,16H,8H2,(H,13,14). The van der Waals surface area contributed by atoms with Gasteiger partial charge in [0, 0.05) is 18.0 Å². The van der Waals surface area contributed by atoms with Gasteiger partial charge in [0.1, 0.15) is 0 Å². The lowest BCUT2D eigenvalue weighted by molar-refractivity contribution is -0.384. The van der Waals surface area contributed by atoms with Gasteiger partial charge in [-0.2, -0.15) is 0 Å². The quantitative estimate of drug-likeness (QED) is 0.637.